The van der Waals surface area contributed by atoms with Gasteiger partial charge in [-0.25, -0.2) is 8.42 Å². The lowest BCUT2D eigenvalue weighted by Crippen LogP contribution is -2.46. The van der Waals surface area contributed by atoms with Gasteiger partial charge in [0.15, 0.2) is 0 Å². The molecular formula is C16H22N4O3S2. The van der Waals surface area contributed by atoms with Crippen molar-refractivity contribution < 1.29 is 13.2 Å². The zero-order chi connectivity index (χ0) is 18.0. The normalized spacial score (nSPS) is 21.6. The van der Waals surface area contributed by atoms with Gasteiger partial charge in [-0.2, -0.15) is 13.1 Å². The maximum absolute atomic E-state index is 12.8. The summed E-state index contributed by atoms with van der Waals surface area (Å²) in [6.45, 7) is 1.92. The molecule has 9 heteroatoms. The van der Waals surface area contributed by atoms with E-state index < -0.39 is 10.0 Å². The minimum Gasteiger partial charge on any atom is -0.352 e. The van der Waals surface area contributed by atoms with Gasteiger partial charge in [-0.3, -0.25) is 4.79 Å². The topological polar surface area (TPSA) is 92.3 Å². The molecule has 1 saturated carbocycles. The maximum atomic E-state index is 12.8. The first-order valence-electron chi connectivity index (χ1n) is 8.36. The molecule has 25 heavy (non-hydrogen) atoms. The summed E-state index contributed by atoms with van der Waals surface area (Å²) in [5, 5.41) is 2.98. The molecule has 0 unspecified atom stereocenters. The van der Waals surface area contributed by atoms with Crippen LogP contribution in [0.3, 0.4) is 0 Å². The van der Waals surface area contributed by atoms with Crippen molar-refractivity contribution >= 4 is 38.7 Å². The Morgan fingerprint density at radius 1 is 1.32 bits per heavy atom. The Labute approximate surface area is 151 Å². The highest BCUT2D eigenvalue weighted by Crippen LogP contribution is 2.25. The first kappa shape index (κ1) is 18.2. The number of rotatable bonds is 5. The number of nitrogens with one attached hydrogen (secondary N) is 1. The van der Waals surface area contributed by atoms with Crippen LogP contribution >= 0.6 is 11.7 Å². The third-order valence-corrected chi connectivity index (χ3v) is 7.14. The molecule has 0 radical (unpaired) electrons. The second-order valence-electron chi connectivity index (χ2n) is 6.58. The molecular weight excluding hydrogens is 360 g/mol. The molecule has 1 aliphatic carbocycles. The highest BCUT2D eigenvalue weighted by molar-refractivity contribution is 7.89. The molecule has 1 aliphatic rings. The van der Waals surface area contributed by atoms with Crippen LogP contribution in [0.1, 0.15) is 32.6 Å². The Balaban J connectivity index is 1.72. The van der Waals surface area contributed by atoms with E-state index in [-0.39, 0.29) is 23.4 Å². The smallest absolute Gasteiger partial charge is 0.245 e. The zero-order valence-corrected chi connectivity index (χ0v) is 15.9. The van der Waals surface area contributed by atoms with Gasteiger partial charge in [-0.1, -0.05) is 25.8 Å². The van der Waals surface area contributed by atoms with Gasteiger partial charge in [-0.05, 0) is 30.9 Å². The highest BCUT2D eigenvalue weighted by Gasteiger charge is 2.28. The molecule has 0 spiro atoms. The van der Waals surface area contributed by atoms with Crippen LogP contribution in [0, 0.1) is 5.92 Å². The monoisotopic (exact) mass is 382 g/mol. The fourth-order valence-corrected chi connectivity index (χ4v) is 5.10. The number of hydrogen-bond acceptors (Lipinski definition) is 6. The molecule has 1 fully saturated rings. The third kappa shape index (κ3) is 3.83. The van der Waals surface area contributed by atoms with Gasteiger partial charge in [0.25, 0.3) is 0 Å². The summed E-state index contributed by atoms with van der Waals surface area (Å²) in [6, 6.07) is 4.98. The Hall–Kier alpha value is -1.58. The molecule has 136 valence electrons. The molecule has 0 saturated heterocycles. The second-order valence-corrected chi connectivity index (χ2v) is 9.13. The number of fused-ring (bicyclic) bond motifs is 1. The largest absolute Gasteiger partial charge is 0.352 e. The lowest BCUT2D eigenvalue weighted by atomic mass is 9.86. The van der Waals surface area contributed by atoms with Gasteiger partial charge >= 0.3 is 0 Å². The lowest BCUT2D eigenvalue weighted by molar-refractivity contribution is -0.122. The Morgan fingerprint density at radius 3 is 2.84 bits per heavy atom. The van der Waals surface area contributed by atoms with Gasteiger partial charge < -0.3 is 5.32 Å². The van der Waals surface area contributed by atoms with Crippen molar-refractivity contribution in [3.8, 4) is 0 Å². The average molecular weight is 383 g/mol. The Kier molecular flexibility index (Phi) is 5.35. The standard InChI is InChI=1S/C16H22N4O3S2/c1-11-6-3-4-7-12(11)17-15(21)10-20(2)25(22,23)14-9-5-8-13-16(14)19-24-18-13/h5,8-9,11-12H,3-4,6-7,10H2,1-2H3,(H,17,21)/t11-,12+/m1/s1. The summed E-state index contributed by atoms with van der Waals surface area (Å²) in [5.41, 5.74) is 0.889. The number of carbonyl (C=O) groups is 1. The number of benzene rings is 1. The van der Waals surface area contributed by atoms with Crippen LogP contribution in [-0.4, -0.2) is 47.0 Å². The molecule has 1 amide bonds. The van der Waals surface area contributed by atoms with Crippen molar-refractivity contribution in [1.29, 1.82) is 0 Å². The van der Waals surface area contributed by atoms with Gasteiger partial charge in [0.2, 0.25) is 15.9 Å². The number of sulfonamides is 1. The number of hydrogen-bond donors (Lipinski definition) is 1. The van der Waals surface area contributed by atoms with Crippen LogP contribution in [0.2, 0.25) is 0 Å². The molecule has 1 aromatic heterocycles. The van der Waals surface area contributed by atoms with Crippen LogP contribution in [0.25, 0.3) is 11.0 Å². The summed E-state index contributed by atoms with van der Waals surface area (Å²) >= 11 is 0.970. The van der Waals surface area contributed by atoms with Gasteiger partial charge in [0.1, 0.15) is 15.9 Å². The van der Waals surface area contributed by atoms with E-state index in [0.717, 1.165) is 35.3 Å². The van der Waals surface area contributed by atoms with Crippen LogP contribution in [0.4, 0.5) is 0 Å². The first-order valence-corrected chi connectivity index (χ1v) is 10.5. The van der Waals surface area contributed by atoms with E-state index in [2.05, 4.69) is 21.0 Å². The highest BCUT2D eigenvalue weighted by atomic mass is 32.2. The Bertz CT molecular complexity index is 865. The van der Waals surface area contributed by atoms with E-state index in [4.69, 9.17) is 0 Å². The lowest BCUT2D eigenvalue weighted by Gasteiger charge is -2.30. The van der Waals surface area contributed by atoms with E-state index in [1.807, 2.05) is 0 Å². The van der Waals surface area contributed by atoms with E-state index in [1.165, 1.54) is 19.5 Å². The van der Waals surface area contributed by atoms with Gasteiger partial charge in [-0.15, -0.1) is 0 Å². The van der Waals surface area contributed by atoms with Crippen molar-refractivity contribution in [2.24, 2.45) is 5.92 Å². The average Bonchev–Trinajstić information content (AvgIpc) is 3.05. The predicted molar refractivity (Wildman–Crippen MR) is 96.8 cm³/mol. The molecule has 3 rings (SSSR count). The van der Waals surface area contributed by atoms with Crippen molar-refractivity contribution in [2.75, 3.05) is 13.6 Å². The fourth-order valence-electron chi connectivity index (χ4n) is 3.23. The van der Waals surface area contributed by atoms with Crippen molar-refractivity contribution in [3.05, 3.63) is 18.2 Å². The minimum absolute atomic E-state index is 0.0834. The van der Waals surface area contributed by atoms with E-state index >= 15 is 0 Å². The van der Waals surface area contributed by atoms with Crippen molar-refractivity contribution in [1.82, 2.24) is 18.4 Å². The van der Waals surface area contributed by atoms with E-state index in [0.29, 0.717) is 17.0 Å². The summed E-state index contributed by atoms with van der Waals surface area (Å²) in [6.07, 6.45) is 4.33. The molecule has 2 aromatic rings. The SMILES string of the molecule is C[C@@H]1CCCC[C@@H]1NC(=O)CN(C)S(=O)(=O)c1cccc2nsnc12. The molecule has 1 aromatic carbocycles. The molecule has 2 atom stereocenters. The van der Waals surface area contributed by atoms with Crippen LogP contribution in [0.5, 0.6) is 0 Å². The van der Waals surface area contributed by atoms with Crippen LogP contribution < -0.4 is 5.32 Å². The number of aromatic nitrogens is 2. The predicted octanol–water partition coefficient (Wildman–Crippen LogP) is 2.01. The summed E-state index contributed by atoms with van der Waals surface area (Å²) in [5.74, 6) is 0.155. The molecule has 1 heterocycles. The van der Waals surface area contributed by atoms with Gasteiger partial charge in [0.05, 0.1) is 18.3 Å². The molecule has 7 nitrogen and oxygen atoms in total. The van der Waals surface area contributed by atoms with Crippen LogP contribution in [-0.2, 0) is 14.8 Å². The van der Waals surface area contributed by atoms with Gasteiger partial charge in [0, 0.05) is 13.1 Å². The van der Waals surface area contributed by atoms with Crippen molar-refractivity contribution in [3.63, 3.8) is 0 Å². The van der Waals surface area contributed by atoms with Crippen LogP contribution in [0.15, 0.2) is 23.1 Å². The summed E-state index contributed by atoms with van der Waals surface area (Å²) < 4.78 is 34.9. The van der Waals surface area contributed by atoms with E-state index in [9.17, 15) is 13.2 Å². The Morgan fingerprint density at radius 2 is 2.08 bits per heavy atom. The quantitative estimate of drug-likeness (QED) is 0.854. The van der Waals surface area contributed by atoms with E-state index in [1.54, 1.807) is 12.1 Å². The minimum atomic E-state index is -3.81. The number of nitrogens with zero attached hydrogens (tertiary/aromatic N) is 3. The zero-order valence-electron chi connectivity index (χ0n) is 14.3. The molecule has 0 aliphatic heterocycles. The number of carbonyl (C=O) groups excluding carboxylic acids is 1. The third-order valence-electron chi connectivity index (χ3n) is 4.76. The first-order chi connectivity index (χ1) is 11.9. The second kappa shape index (κ2) is 7.35. The summed E-state index contributed by atoms with van der Waals surface area (Å²) in [4.78, 5) is 12.4. The maximum Gasteiger partial charge on any atom is 0.245 e. The summed E-state index contributed by atoms with van der Waals surface area (Å²) in [7, 11) is -2.39. The fraction of sp³-hybridized carbons (Fsp3) is 0.562. The molecule has 1 N–H and O–H groups in total. The molecule has 0 bridgehead atoms. The van der Waals surface area contributed by atoms with Crippen molar-refractivity contribution in [2.45, 2.75) is 43.5 Å². The number of amides is 1. The number of likely N-dealkylation sites (N-methyl/N-ethyl adjacent to an activating group) is 1.